The molecule has 1 aromatic carbocycles. The number of aliphatic hydroxyl groups excluding tert-OH is 1. The predicted molar refractivity (Wildman–Crippen MR) is 115 cm³/mol. The monoisotopic (exact) mass is 425 g/mol. The van der Waals surface area contributed by atoms with Crippen molar-refractivity contribution in [2.24, 2.45) is 14.1 Å². The molecule has 0 aliphatic rings. The van der Waals surface area contributed by atoms with Gasteiger partial charge in [0.05, 0.1) is 17.4 Å². The Kier molecular flexibility index (Phi) is 6.40. The SMILES string of the molecule is Cn1cc(CC(=O)NCc2ccc(Cl)cc2)c(=O)c2cc(C#CCO)c(=O)n(C)c21. The van der Waals surface area contributed by atoms with E-state index in [-0.39, 0.29) is 34.3 Å². The number of halogens is 1. The third-order valence-electron chi connectivity index (χ3n) is 4.66. The van der Waals surface area contributed by atoms with E-state index in [4.69, 9.17) is 16.7 Å². The summed E-state index contributed by atoms with van der Waals surface area (Å²) < 4.78 is 2.98. The lowest BCUT2D eigenvalue weighted by molar-refractivity contribution is -0.120. The normalized spacial score (nSPS) is 10.5. The van der Waals surface area contributed by atoms with Crippen LogP contribution in [0.2, 0.25) is 5.02 Å². The molecule has 7 nitrogen and oxygen atoms in total. The number of rotatable bonds is 4. The van der Waals surface area contributed by atoms with E-state index >= 15 is 0 Å². The number of nitrogens with zero attached hydrogens (tertiary/aromatic N) is 2. The number of nitrogens with one attached hydrogen (secondary N) is 1. The maximum absolute atomic E-state index is 13.0. The van der Waals surface area contributed by atoms with E-state index < -0.39 is 6.61 Å². The van der Waals surface area contributed by atoms with E-state index in [1.807, 2.05) is 12.1 Å². The molecule has 0 radical (unpaired) electrons. The minimum atomic E-state index is -0.396. The summed E-state index contributed by atoms with van der Waals surface area (Å²) in [7, 11) is 3.25. The number of carbonyl (C=O) groups is 1. The quantitative estimate of drug-likeness (QED) is 0.612. The molecule has 30 heavy (non-hydrogen) atoms. The third kappa shape index (κ3) is 4.46. The molecule has 3 rings (SSSR count). The van der Waals surface area contributed by atoms with Crippen LogP contribution >= 0.6 is 11.6 Å². The molecule has 0 aliphatic carbocycles. The zero-order valence-corrected chi connectivity index (χ0v) is 17.3. The Morgan fingerprint density at radius 1 is 1.20 bits per heavy atom. The van der Waals surface area contributed by atoms with Crippen molar-refractivity contribution in [3.8, 4) is 11.8 Å². The minimum Gasteiger partial charge on any atom is -0.384 e. The molecule has 0 fully saturated rings. The smallest absolute Gasteiger partial charge is 0.267 e. The highest BCUT2D eigenvalue weighted by molar-refractivity contribution is 6.30. The van der Waals surface area contributed by atoms with Crippen molar-refractivity contribution in [1.29, 1.82) is 0 Å². The second kappa shape index (κ2) is 8.99. The molecule has 1 amide bonds. The number of amides is 1. The average Bonchev–Trinajstić information content (AvgIpc) is 2.72. The largest absolute Gasteiger partial charge is 0.384 e. The summed E-state index contributed by atoms with van der Waals surface area (Å²) in [5.74, 6) is 4.70. The highest BCUT2D eigenvalue weighted by Gasteiger charge is 2.15. The van der Waals surface area contributed by atoms with Gasteiger partial charge in [0.1, 0.15) is 12.3 Å². The van der Waals surface area contributed by atoms with Crippen LogP contribution in [0.1, 0.15) is 16.7 Å². The molecule has 0 spiro atoms. The first-order valence-electron chi connectivity index (χ1n) is 9.15. The highest BCUT2D eigenvalue weighted by Crippen LogP contribution is 2.11. The summed E-state index contributed by atoms with van der Waals surface area (Å²) in [6.45, 7) is -0.0771. The number of aromatic nitrogens is 2. The van der Waals surface area contributed by atoms with E-state index in [1.54, 1.807) is 37.0 Å². The zero-order valence-electron chi connectivity index (χ0n) is 16.5. The molecule has 2 heterocycles. The summed E-state index contributed by atoms with van der Waals surface area (Å²) >= 11 is 5.86. The molecule has 0 atom stereocenters. The fourth-order valence-electron chi connectivity index (χ4n) is 3.24. The van der Waals surface area contributed by atoms with Gasteiger partial charge >= 0.3 is 0 Å². The van der Waals surface area contributed by atoms with Gasteiger partial charge in [0.15, 0.2) is 5.43 Å². The van der Waals surface area contributed by atoms with E-state index in [9.17, 15) is 14.4 Å². The molecular weight excluding hydrogens is 406 g/mol. The molecule has 0 aliphatic heterocycles. The Hall–Kier alpha value is -3.34. The van der Waals surface area contributed by atoms with Gasteiger partial charge in [-0.25, -0.2) is 0 Å². The van der Waals surface area contributed by atoms with Gasteiger partial charge in [0.25, 0.3) is 5.56 Å². The number of hydrogen-bond acceptors (Lipinski definition) is 4. The first kappa shape index (κ1) is 21.4. The van der Waals surface area contributed by atoms with Crippen LogP contribution in [0.3, 0.4) is 0 Å². The number of pyridine rings is 2. The molecule has 2 aromatic heterocycles. The van der Waals surface area contributed by atoms with E-state index in [0.29, 0.717) is 22.8 Å². The van der Waals surface area contributed by atoms with Crippen LogP contribution in [0.4, 0.5) is 0 Å². The van der Waals surface area contributed by atoms with Crippen molar-refractivity contribution in [2.75, 3.05) is 6.61 Å². The van der Waals surface area contributed by atoms with Gasteiger partial charge in [0.2, 0.25) is 5.91 Å². The lowest BCUT2D eigenvalue weighted by Crippen LogP contribution is -2.29. The molecule has 154 valence electrons. The Morgan fingerprint density at radius 2 is 1.90 bits per heavy atom. The fourth-order valence-corrected chi connectivity index (χ4v) is 3.36. The standard InChI is InChI=1S/C22H20ClN3O4/c1-25-13-16(11-19(28)24-12-14-5-7-17(23)8-6-14)20(29)18-10-15(4-3-9-27)22(30)26(2)21(18)25/h5-8,10,13,27H,9,11-12H2,1-2H3,(H,24,28). The van der Waals surface area contributed by atoms with Crippen molar-refractivity contribution >= 4 is 28.5 Å². The van der Waals surface area contributed by atoms with Gasteiger partial charge in [0, 0.05) is 37.4 Å². The third-order valence-corrected chi connectivity index (χ3v) is 4.91. The average molecular weight is 426 g/mol. The second-order valence-corrected chi connectivity index (χ2v) is 7.23. The van der Waals surface area contributed by atoms with Crippen LogP contribution in [0.15, 0.2) is 46.1 Å². The maximum Gasteiger partial charge on any atom is 0.267 e. The van der Waals surface area contributed by atoms with Gasteiger partial charge in [-0.05, 0) is 23.8 Å². The van der Waals surface area contributed by atoms with E-state index in [1.165, 1.54) is 10.6 Å². The molecule has 0 bridgehead atoms. The van der Waals surface area contributed by atoms with Gasteiger partial charge in [-0.15, -0.1) is 0 Å². The van der Waals surface area contributed by atoms with E-state index in [2.05, 4.69) is 17.2 Å². The minimum absolute atomic E-state index is 0.101. The number of aryl methyl sites for hydroxylation is 2. The predicted octanol–water partition coefficient (Wildman–Crippen LogP) is 1.09. The molecule has 0 saturated heterocycles. The maximum atomic E-state index is 13.0. The number of hydrogen-bond donors (Lipinski definition) is 2. The van der Waals surface area contributed by atoms with E-state index in [0.717, 1.165) is 5.56 Å². The van der Waals surface area contributed by atoms with Crippen LogP contribution in [-0.4, -0.2) is 26.8 Å². The summed E-state index contributed by atoms with van der Waals surface area (Å²) in [6.07, 6.45) is 1.46. The molecule has 0 unspecified atom stereocenters. The summed E-state index contributed by atoms with van der Waals surface area (Å²) in [5.41, 5.74) is 1.02. The first-order chi connectivity index (χ1) is 14.3. The van der Waals surface area contributed by atoms with Crippen LogP contribution in [0.5, 0.6) is 0 Å². The van der Waals surface area contributed by atoms with Crippen molar-refractivity contribution in [3.63, 3.8) is 0 Å². The van der Waals surface area contributed by atoms with Gasteiger partial charge < -0.3 is 15.0 Å². The van der Waals surface area contributed by atoms with Crippen LogP contribution < -0.4 is 16.3 Å². The molecular formula is C22H20ClN3O4. The van der Waals surface area contributed by atoms with Gasteiger partial charge in [-0.3, -0.25) is 19.0 Å². The summed E-state index contributed by atoms with van der Waals surface area (Å²) in [6, 6.07) is 8.52. The summed E-state index contributed by atoms with van der Waals surface area (Å²) in [4.78, 5) is 37.8. The number of fused-ring (bicyclic) bond motifs is 1. The lowest BCUT2D eigenvalue weighted by Gasteiger charge is -2.13. The highest BCUT2D eigenvalue weighted by atomic mass is 35.5. The Labute approximate surface area is 177 Å². The van der Waals surface area contributed by atoms with Crippen LogP contribution in [0.25, 0.3) is 11.0 Å². The van der Waals surface area contributed by atoms with Crippen molar-refractivity contribution in [2.45, 2.75) is 13.0 Å². The van der Waals surface area contributed by atoms with Crippen molar-refractivity contribution in [1.82, 2.24) is 14.5 Å². The number of benzene rings is 1. The van der Waals surface area contributed by atoms with Gasteiger partial charge in [-0.1, -0.05) is 35.6 Å². The Morgan fingerprint density at radius 3 is 2.57 bits per heavy atom. The number of carbonyl (C=O) groups excluding carboxylic acids is 1. The molecule has 2 N–H and O–H groups in total. The molecule has 3 aromatic rings. The Balaban J connectivity index is 1.92. The molecule has 0 saturated carbocycles. The second-order valence-electron chi connectivity index (χ2n) is 6.79. The van der Waals surface area contributed by atoms with Crippen LogP contribution in [0, 0.1) is 11.8 Å². The van der Waals surface area contributed by atoms with Crippen LogP contribution in [-0.2, 0) is 31.9 Å². The first-order valence-corrected chi connectivity index (χ1v) is 9.52. The molecule has 8 heteroatoms. The Bertz CT molecular complexity index is 1290. The van der Waals surface area contributed by atoms with Crippen molar-refractivity contribution in [3.05, 3.63) is 78.8 Å². The van der Waals surface area contributed by atoms with Gasteiger partial charge in [-0.2, -0.15) is 0 Å². The lowest BCUT2D eigenvalue weighted by atomic mass is 10.1. The zero-order chi connectivity index (χ0) is 21.8. The topological polar surface area (TPSA) is 93.3 Å². The van der Waals surface area contributed by atoms with Crippen molar-refractivity contribution < 1.29 is 9.90 Å². The fraction of sp³-hybridized carbons (Fsp3) is 0.227. The summed E-state index contributed by atoms with van der Waals surface area (Å²) in [5, 5.41) is 12.6. The number of aliphatic hydroxyl groups is 1.